The summed E-state index contributed by atoms with van der Waals surface area (Å²) in [6.07, 6.45) is 4.92. The Hall–Kier alpha value is -3.12. The Kier molecular flexibility index (Phi) is 8.38. The van der Waals surface area contributed by atoms with E-state index in [0.29, 0.717) is 42.3 Å². The van der Waals surface area contributed by atoms with Crippen molar-refractivity contribution in [2.45, 2.75) is 70.0 Å². The molecule has 202 valence electrons. The zero-order valence-corrected chi connectivity index (χ0v) is 22.4. The number of benzene rings is 1. The molecule has 12 heteroatoms. The third-order valence-electron chi connectivity index (χ3n) is 6.86. The first-order chi connectivity index (χ1) is 17.7. The van der Waals surface area contributed by atoms with Gasteiger partial charge in [0.05, 0.1) is 29.3 Å². The van der Waals surface area contributed by atoms with E-state index in [0.717, 1.165) is 32.2 Å². The third-order valence-corrected chi connectivity index (χ3v) is 8.21. The van der Waals surface area contributed by atoms with E-state index < -0.39 is 28.0 Å². The molecule has 2 aliphatic rings. The number of anilines is 1. The van der Waals surface area contributed by atoms with Crippen LogP contribution in [0.3, 0.4) is 0 Å². The second kappa shape index (κ2) is 11.5. The van der Waals surface area contributed by atoms with Crippen LogP contribution in [0.5, 0.6) is 5.75 Å². The molecule has 3 atom stereocenters. The van der Waals surface area contributed by atoms with Gasteiger partial charge in [0.1, 0.15) is 17.6 Å². The Bertz CT molecular complexity index is 1220. The zero-order valence-electron chi connectivity index (χ0n) is 21.5. The van der Waals surface area contributed by atoms with Crippen molar-refractivity contribution in [3.05, 3.63) is 35.7 Å². The average Bonchev–Trinajstić information content (AvgIpc) is 3.58. The molecule has 3 unspecified atom stereocenters. The molecule has 2 aromatic rings. The lowest BCUT2D eigenvalue weighted by atomic mass is 10.0. The Balaban J connectivity index is 1.60. The Morgan fingerprint density at radius 1 is 1.30 bits per heavy atom. The maximum Gasteiger partial charge on any atom is 0.273 e. The fraction of sp³-hybridized carbons (Fsp3) is 0.560. The predicted octanol–water partition coefficient (Wildman–Crippen LogP) is 1.92. The first kappa shape index (κ1) is 26.9. The summed E-state index contributed by atoms with van der Waals surface area (Å²) in [5.41, 5.74) is 1.72. The molecule has 0 radical (unpaired) electrons. The molecule has 1 aromatic heterocycles. The van der Waals surface area contributed by atoms with E-state index in [1.165, 1.54) is 12.1 Å². The Labute approximate surface area is 217 Å². The predicted molar refractivity (Wildman–Crippen MR) is 139 cm³/mol. The standard InChI is InChI=1S/C25H36N6O5S/c1-4-11-31-20-15-27-29-23(20)25(33)28-22(31)14-17-13-18(8-9-21(17)36-12-5-2)37(34,35)30-24(32)16(3)19-7-6-10-26-19/h8-9,13,15-16,19,22,26H,4-7,10-12,14H2,1-3H3,(H,27,29)(H,28,33)(H,30,32). The molecule has 0 spiro atoms. The van der Waals surface area contributed by atoms with Crippen molar-refractivity contribution in [1.29, 1.82) is 0 Å². The Morgan fingerprint density at radius 3 is 2.81 bits per heavy atom. The van der Waals surface area contributed by atoms with Gasteiger partial charge in [-0.05, 0) is 56.0 Å². The molecule has 3 heterocycles. The minimum absolute atomic E-state index is 0.0283. The first-order valence-electron chi connectivity index (χ1n) is 12.9. The second-order valence-corrected chi connectivity index (χ2v) is 11.3. The molecule has 37 heavy (non-hydrogen) atoms. The highest BCUT2D eigenvalue weighted by Crippen LogP contribution is 2.30. The normalized spacial score (nSPS) is 20.3. The summed E-state index contributed by atoms with van der Waals surface area (Å²) in [5.74, 6) is -0.743. The second-order valence-electron chi connectivity index (χ2n) is 9.60. The number of amides is 2. The largest absolute Gasteiger partial charge is 0.493 e. The molecule has 2 aliphatic heterocycles. The van der Waals surface area contributed by atoms with Gasteiger partial charge in [0, 0.05) is 19.0 Å². The summed E-state index contributed by atoms with van der Waals surface area (Å²) in [6, 6.07) is 4.55. The van der Waals surface area contributed by atoms with E-state index in [9.17, 15) is 18.0 Å². The summed E-state index contributed by atoms with van der Waals surface area (Å²) in [6.45, 7) is 7.72. The van der Waals surface area contributed by atoms with Gasteiger partial charge in [-0.2, -0.15) is 5.10 Å². The van der Waals surface area contributed by atoms with E-state index in [4.69, 9.17) is 4.74 Å². The number of nitrogens with zero attached hydrogens (tertiary/aromatic N) is 2. The van der Waals surface area contributed by atoms with Crippen LogP contribution in [0.4, 0.5) is 5.69 Å². The molecule has 0 aliphatic carbocycles. The molecular formula is C25H36N6O5S. The van der Waals surface area contributed by atoms with Gasteiger partial charge in [-0.3, -0.25) is 14.7 Å². The lowest BCUT2D eigenvalue weighted by molar-refractivity contribution is -0.123. The maximum atomic E-state index is 13.2. The fourth-order valence-electron chi connectivity index (χ4n) is 4.86. The number of H-pyrrole nitrogens is 1. The van der Waals surface area contributed by atoms with Crippen LogP contribution in [0.15, 0.2) is 29.3 Å². The van der Waals surface area contributed by atoms with Gasteiger partial charge in [-0.25, -0.2) is 13.1 Å². The monoisotopic (exact) mass is 532 g/mol. The van der Waals surface area contributed by atoms with Gasteiger partial charge >= 0.3 is 0 Å². The topological polar surface area (TPSA) is 146 Å². The van der Waals surface area contributed by atoms with E-state index >= 15 is 0 Å². The van der Waals surface area contributed by atoms with Crippen molar-refractivity contribution >= 4 is 27.5 Å². The lowest BCUT2D eigenvalue weighted by Gasteiger charge is -2.37. The van der Waals surface area contributed by atoms with Crippen molar-refractivity contribution in [1.82, 2.24) is 25.6 Å². The van der Waals surface area contributed by atoms with Crippen LogP contribution >= 0.6 is 0 Å². The van der Waals surface area contributed by atoms with Crippen LogP contribution < -0.4 is 25.0 Å². The minimum atomic E-state index is -4.11. The molecule has 4 rings (SSSR count). The number of hydrogen-bond donors (Lipinski definition) is 4. The highest BCUT2D eigenvalue weighted by Gasteiger charge is 2.34. The molecule has 1 aromatic carbocycles. The molecule has 11 nitrogen and oxygen atoms in total. The fourth-order valence-corrected chi connectivity index (χ4v) is 5.97. The van der Waals surface area contributed by atoms with Crippen LogP contribution in [-0.2, 0) is 21.2 Å². The first-order valence-corrected chi connectivity index (χ1v) is 14.4. The summed E-state index contributed by atoms with van der Waals surface area (Å²) in [5, 5.41) is 13.0. The molecular weight excluding hydrogens is 496 g/mol. The van der Waals surface area contributed by atoms with E-state index in [1.54, 1.807) is 19.2 Å². The van der Waals surface area contributed by atoms with Crippen LogP contribution in [0, 0.1) is 5.92 Å². The summed E-state index contributed by atoms with van der Waals surface area (Å²) < 4.78 is 34.6. The van der Waals surface area contributed by atoms with Gasteiger partial charge in [0.15, 0.2) is 0 Å². The molecule has 0 bridgehead atoms. The molecule has 1 saturated heterocycles. The number of hydrogen-bond acceptors (Lipinski definition) is 8. The number of rotatable bonds is 11. The summed E-state index contributed by atoms with van der Waals surface area (Å²) >= 11 is 0. The number of ether oxygens (including phenoxy) is 1. The quantitative estimate of drug-likeness (QED) is 0.343. The molecule has 2 amide bonds. The number of carbonyl (C=O) groups is 2. The number of fused-ring (bicyclic) bond motifs is 1. The van der Waals surface area contributed by atoms with E-state index in [-0.39, 0.29) is 16.8 Å². The highest BCUT2D eigenvalue weighted by molar-refractivity contribution is 7.90. The zero-order chi connectivity index (χ0) is 26.6. The smallest absolute Gasteiger partial charge is 0.273 e. The number of aromatic amines is 1. The lowest BCUT2D eigenvalue weighted by Crippen LogP contribution is -2.54. The Morgan fingerprint density at radius 2 is 2.11 bits per heavy atom. The molecule has 0 saturated carbocycles. The summed E-state index contributed by atoms with van der Waals surface area (Å²) in [7, 11) is -4.11. The van der Waals surface area contributed by atoms with E-state index in [2.05, 4.69) is 25.6 Å². The third kappa shape index (κ3) is 5.90. The van der Waals surface area contributed by atoms with Gasteiger partial charge in [-0.1, -0.05) is 20.8 Å². The van der Waals surface area contributed by atoms with Gasteiger partial charge in [0.25, 0.3) is 15.9 Å². The SMILES string of the molecule is CCCOc1ccc(S(=O)(=O)NC(=O)C(C)C2CCCN2)cc1CC1NC(=O)c2[nH]ncc2N1CCC. The van der Waals surface area contributed by atoms with Crippen molar-refractivity contribution < 1.29 is 22.7 Å². The van der Waals surface area contributed by atoms with Gasteiger partial charge in [-0.15, -0.1) is 0 Å². The van der Waals surface area contributed by atoms with Crippen molar-refractivity contribution in [2.75, 3.05) is 24.6 Å². The van der Waals surface area contributed by atoms with E-state index in [1.807, 2.05) is 18.7 Å². The van der Waals surface area contributed by atoms with Gasteiger partial charge in [0.2, 0.25) is 5.91 Å². The van der Waals surface area contributed by atoms with Crippen molar-refractivity contribution in [3.8, 4) is 5.75 Å². The number of aromatic nitrogens is 2. The minimum Gasteiger partial charge on any atom is -0.493 e. The van der Waals surface area contributed by atoms with Crippen LogP contribution in [0.25, 0.3) is 0 Å². The van der Waals surface area contributed by atoms with Crippen molar-refractivity contribution in [3.63, 3.8) is 0 Å². The van der Waals surface area contributed by atoms with Crippen LogP contribution in [0.1, 0.15) is 62.5 Å². The average molecular weight is 533 g/mol. The van der Waals surface area contributed by atoms with Crippen LogP contribution in [-0.4, -0.2) is 62.3 Å². The molecule has 1 fully saturated rings. The summed E-state index contributed by atoms with van der Waals surface area (Å²) in [4.78, 5) is 27.5. The molecule has 4 N–H and O–H groups in total. The number of sulfonamides is 1. The van der Waals surface area contributed by atoms with Gasteiger partial charge < -0.3 is 20.3 Å². The maximum absolute atomic E-state index is 13.2. The van der Waals surface area contributed by atoms with Crippen LogP contribution in [0.2, 0.25) is 0 Å². The number of nitrogens with one attached hydrogen (secondary N) is 4. The highest BCUT2D eigenvalue weighted by atomic mass is 32.2. The van der Waals surface area contributed by atoms with Crippen molar-refractivity contribution in [2.24, 2.45) is 5.92 Å². The number of carbonyl (C=O) groups excluding carboxylic acids is 2.